The maximum atomic E-state index is 14.1. The number of rotatable bonds is 2. The monoisotopic (exact) mass is 378 g/mol. The number of hydrogen-bond donors (Lipinski definition) is 1. The van der Waals surface area contributed by atoms with Gasteiger partial charge in [0.15, 0.2) is 6.04 Å². The van der Waals surface area contributed by atoms with Gasteiger partial charge in [0, 0.05) is 17.8 Å². The highest BCUT2D eigenvalue weighted by Gasteiger charge is 2.45. The van der Waals surface area contributed by atoms with Crippen molar-refractivity contribution in [1.82, 2.24) is 0 Å². The number of aryl methyl sites for hydroxylation is 1. The molecular formula is C18H19FN2O4S. The van der Waals surface area contributed by atoms with Crippen LogP contribution >= 0.6 is 0 Å². The van der Waals surface area contributed by atoms with Crippen LogP contribution in [0.25, 0.3) is 5.57 Å². The Morgan fingerprint density at radius 2 is 2.15 bits per heavy atom. The minimum absolute atomic E-state index is 0.133. The molecule has 0 aliphatic carbocycles. The number of carbonyl (C=O) groups is 1. The third-order valence-corrected chi connectivity index (χ3v) is 5.83. The largest absolute Gasteiger partial charge is 0.591 e. The first-order valence-corrected chi connectivity index (χ1v) is 9.34. The van der Waals surface area contributed by atoms with Gasteiger partial charge < -0.3 is 14.6 Å². The summed E-state index contributed by atoms with van der Waals surface area (Å²) in [5.74, 6) is 0.000977. The summed E-state index contributed by atoms with van der Waals surface area (Å²) in [5.41, 5.74) is 1.18. The van der Waals surface area contributed by atoms with Crippen molar-refractivity contribution in [3.63, 3.8) is 0 Å². The van der Waals surface area contributed by atoms with Gasteiger partial charge in [-0.3, -0.25) is 0 Å². The first-order valence-electron chi connectivity index (χ1n) is 8.23. The van der Waals surface area contributed by atoms with Gasteiger partial charge in [-0.15, -0.1) is 0 Å². The van der Waals surface area contributed by atoms with E-state index >= 15 is 0 Å². The third-order valence-electron chi connectivity index (χ3n) is 4.42. The molecule has 0 amide bonds. The van der Waals surface area contributed by atoms with Crippen molar-refractivity contribution in [2.75, 3.05) is 11.4 Å². The van der Waals surface area contributed by atoms with Crippen LogP contribution in [0.4, 0.5) is 10.1 Å². The quantitative estimate of drug-likeness (QED) is 0.629. The molecular weight excluding hydrogens is 359 g/mol. The van der Waals surface area contributed by atoms with E-state index in [-0.39, 0.29) is 16.8 Å². The third kappa shape index (κ3) is 3.05. The zero-order valence-corrected chi connectivity index (χ0v) is 15.5. The van der Waals surface area contributed by atoms with E-state index in [4.69, 9.17) is 0 Å². The number of carbonyl (C=O) groups excluding carboxylic acids is 1. The summed E-state index contributed by atoms with van der Waals surface area (Å²) in [4.78, 5) is 25.3. The summed E-state index contributed by atoms with van der Waals surface area (Å²) < 4.78 is 29.9. The normalized spacial score (nSPS) is 22.0. The second-order valence-corrected chi connectivity index (χ2v) is 9.22. The smallest absolute Gasteiger partial charge is 0.332 e. The Hall–Kier alpha value is -2.15. The van der Waals surface area contributed by atoms with E-state index in [1.54, 1.807) is 31.6 Å². The van der Waals surface area contributed by atoms with Crippen molar-refractivity contribution in [2.24, 2.45) is 4.40 Å². The molecule has 0 saturated carbocycles. The van der Waals surface area contributed by atoms with Crippen LogP contribution in [0.2, 0.25) is 0 Å². The molecule has 0 saturated heterocycles. The summed E-state index contributed by atoms with van der Waals surface area (Å²) in [6.45, 7) is 5.52. The molecule has 1 aromatic rings. The molecule has 0 spiro atoms. The van der Waals surface area contributed by atoms with Crippen LogP contribution in [0, 0.1) is 5.82 Å². The Morgan fingerprint density at radius 3 is 2.73 bits per heavy atom. The van der Waals surface area contributed by atoms with Crippen molar-refractivity contribution in [1.29, 1.82) is 0 Å². The van der Waals surface area contributed by atoms with Crippen molar-refractivity contribution in [2.45, 2.75) is 44.4 Å². The summed E-state index contributed by atoms with van der Waals surface area (Å²) in [5, 5.41) is 9.80. The summed E-state index contributed by atoms with van der Waals surface area (Å²) in [6, 6.07) is 1.29. The van der Waals surface area contributed by atoms with Gasteiger partial charge in [0.2, 0.25) is 0 Å². The second kappa shape index (κ2) is 6.54. The Balaban J connectivity index is 2.29. The molecule has 1 N–H and O–H groups in total. The molecule has 1 aromatic carbocycles. The Bertz CT molecular complexity index is 855. The zero-order valence-electron chi connectivity index (χ0n) is 14.7. The molecule has 0 bridgehead atoms. The lowest BCUT2D eigenvalue weighted by molar-refractivity contribution is -0.136. The lowest BCUT2D eigenvalue weighted by Gasteiger charge is -2.41. The highest BCUT2D eigenvalue weighted by molar-refractivity contribution is 7.91. The number of halogens is 1. The maximum absolute atomic E-state index is 14.1. The average molecular weight is 378 g/mol. The van der Waals surface area contributed by atoms with Gasteiger partial charge in [0.25, 0.3) is 0 Å². The van der Waals surface area contributed by atoms with Gasteiger partial charge in [0.1, 0.15) is 33.6 Å². The first-order chi connectivity index (χ1) is 12.1. The topological polar surface area (TPSA) is 93.0 Å². The predicted octanol–water partition coefficient (Wildman–Crippen LogP) is 2.16. The van der Waals surface area contributed by atoms with Crippen LogP contribution in [-0.4, -0.2) is 44.6 Å². The zero-order chi connectivity index (χ0) is 19.2. The molecule has 2 atom stereocenters. The molecule has 2 heterocycles. The minimum atomic E-state index is -1.78. The lowest BCUT2D eigenvalue weighted by Crippen LogP contribution is -2.53. The summed E-state index contributed by atoms with van der Waals surface area (Å²) in [7, 11) is 0. The van der Waals surface area contributed by atoms with Gasteiger partial charge in [-0.25, -0.2) is 14.0 Å². The fraction of sp³-hybridized carbons (Fsp3) is 0.444. The Kier molecular flexibility index (Phi) is 4.69. The van der Waals surface area contributed by atoms with Gasteiger partial charge in [0.05, 0.1) is 5.57 Å². The molecule has 138 valence electrons. The number of carboxylic acids is 1. The molecule has 0 fully saturated rings. The van der Waals surface area contributed by atoms with Gasteiger partial charge in [-0.1, -0.05) is 4.40 Å². The second-order valence-electron chi connectivity index (χ2n) is 7.31. The van der Waals surface area contributed by atoms with Crippen molar-refractivity contribution in [3.8, 4) is 0 Å². The van der Waals surface area contributed by atoms with Crippen LogP contribution in [0.5, 0.6) is 0 Å². The molecule has 3 rings (SSSR count). The van der Waals surface area contributed by atoms with E-state index in [0.29, 0.717) is 30.6 Å². The molecule has 2 unspecified atom stereocenters. The fourth-order valence-corrected chi connectivity index (χ4v) is 3.93. The highest BCUT2D eigenvalue weighted by atomic mass is 32.2. The van der Waals surface area contributed by atoms with Crippen LogP contribution in [0.3, 0.4) is 0 Å². The number of benzene rings is 1. The molecule has 6 nitrogen and oxygen atoms in total. The van der Waals surface area contributed by atoms with E-state index < -0.39 is 33.9 Å². The van der Waals surface area contributed by atoms with E-state index in [1.165, 1.54) is 12.1 Å². The molecule has 8 heteroatoms. The highest BCUT2D eigenvalue weighted by Crippen LogP contribution is 2.42. The van der Waals surface area contributed by atoms with Crippen LogP contribution in [0.1, 0.15) is 38.3 Å². The standard InChI is InChI=1S/C18H19FN2O4S/c1-18(2,3)26(25)20-14-13(9-22)12-8-11(19)7-10-5-4-6-21(15(10)12)16(14)17(23)24/h7-8,16H,4-6H2,1-3H3,(H,23,24). The number of carboxylic acid groups (broad SMARTS) is 1. The molecule has 26 heavy (non-hydrogen) atoms. The molecule has 2 aliphatic heterocycles. The number of nitrogens with zero attached hydrogens (tertiary/aromatic N) is 2. The predicted molar refractivity (Wildman–Crippen MR) is 97.9 cm³/mol. The summed E-state index contributed by atoms with van der Waals surface area (Å²) >= 11 is -1.78. The van der Waals surface area contributed by atoms with E-state index in [9.17, 15) is 23.6 Å². The average Bonchev–Trinajstić information content (AvgIpc) is 2.53. The summed E-state index contributed by atoms with van der Waals surface area (Å²) in [6.07, 6.45) is 1.24. The number of anilines is 1. The van der Waals surface area contributed by atoms with E-state index in [0.717, 1.165) is 0 Å². The van der Waals surface area contributed by atoms with E-state index in [1.807, 2.05) is 0 Å². The fourth-order valence-electron chi connectivity index (χ4n) is 3.29. The number of hydrogen-bond acceptors (Lipinski definition) is 5. The molecule has 0 radical (unpaired) electrons. The minimum Gasteiger partial charge on any atom is -0.591 e. The first kappa shape index (κ1) is 18.6. The lowest BCUT2D eigenvalue weighted by atomic mass is 9.84. The van der Waals surface area contributed by atoms with Crippen LogP contribution < -0.4 is 4.90 Å². The van der Waals surface area contributed by atoms with Crippen molar-refractivity contribution < 1.29 is 23.6 Å². The van der Waals surface area contributed by atoms with Crippen LogP contribution in [0.15, 0.2) is 16.5 Å². The Morgan fingerprint density at radius 1 is 1.46 bits per heavy atom. The van der Waals surface area contributed by atoms with Crippen molar-refractivity contribution in [3.05, 3.63) is 29.1 Å². The molecule has 2 aliphatic rings. The SMILES string of the molecule is CC(C)(C)[S+]([O-])N=C1C(=C=O)c2cc(F)cc3c2N(CCC3)C1C(=O)O. The van der Waals surface area contributed by atoms with Gasteiger partial charge in [-0.2, -0.15) is 0 Å². The maximum Gasteiger partial charge on any atom is 0.332 e. The van der Waals surface area contributed by atoms with Crippen molar-refractivity contribution >= 4 is 40.2 Å². The number of aliphatic carboxylic acids is 1. The van der Waals surface area contributed by atoms with E-state index in [2.05, 4.69) is 4.40 Å². The van der Waals surface area contributed by atoms with Gasteiger partial charge in [-0.05, 0) is 51.3 Å². The van der Waals surface area contributed by atoms with Gasteiger partial charge >= 0.3 is 5.97 Å². The van der Waals surface area contributed by atoms with Crippen LogP contribution in [-0.2, 0) is 27.4 Å². The Labute approximate surface area is 153 Å². The molecule has 0 aromatic heterocycles.